The van der Waals surface area contributed by atoms with Crippen LogP contribution < -0.4 is 4.90 Å². The first-order valence-corrected chi connectivity index (χ1v) is 8.44. The Morgan fingerprint density at radius 2 is 2.00 bits per heavy atom. The topological polar surface area (TPSA) is 55.8 Å². The van der Waals surface area contributed by atoms with E-state index in [2.05, 4.69) is 6.92 Å². The zero-order valence-corrected chi connectivity index (χ0v) is 13.5. The molecule has 1 aromatic carbocycles. The maximum Gasteiger partial charge on any atom is 0.414 e. The van der Waals surface area contributed by atoms with Crippen molar-refractivity contribution in [1.82, 2.24) is 0 Å². The van der Waals surface area contributed by atoms with E-state index in [9.17, 15) is 9.59 Å². The standard InChI is InChI=1S/C18H23NO4/c1-2-13-5-3-4-6-16(13)23-17(20)14-7-9-15(10-8-14)19-11-12-22-18(19)21/h7-10,13,16H,2-6,11-12H2,1H3. The molecule has 2 aliphatic rings. The number of cyclic esters (lactones) is 1. The van der Waals surface area contributed by atoms with E-state index in [1.54, 1.807) is 29.2 Å². The lowest BCUT2D eigenvalue weighted by Gasteiger charge is -2.30. The molecule has 0 bridgehead atoms. The molecular formula is C18H23NO4. The predicted molar refractivity (Wildman–Crippen MR) is 86.6 cm³/mol. The summed E-state index contributed by atoms with van der Waals surface area (Å²) in [5.74, 6) is 0.206. The van der Waals surface area contributed by atoms with Crippen molar-refractivity contribution in [2.75, 3.05) is 18.1 Å². The molecule has 1 saturated carbocycles. The van der Waals surface area contributed by atoms with E-state index in [0.29, 0.717) is 24.6 Å². The second-order valence-electron chi connectivity index (χ2n) is 6.21. The van der Waals surface area contributed by atoms with Gasteiger partial charge in [0.15, 0.2) is 0 Å². The van der Waals surface area contributed by atoms with Crippen LogP contribution in [0.25, 0.3) is 0 Å². The van der Waals surface area contributed by atoms with Gasteiger partial charge in [-0.25, -0.2) is 9.59 Å². The van der Waals surface area contributed by atoms with Gasteiger partial charge in [0.1, 0.15) is 12.7 Å². The summed E-state index contributed by atoms with van der Waals surface area (Å²) in [4.78, 5) is 25.4. The van der Waals surface area contributed by atoms with Gasteiger partial charge in [0.25, 0.3) is 0 Å². The molecule has 1 aromatic rings. The zero-order valence-electron chi connectivity index (χ0n) is 13.5. The van der Waals surface area contributed by atoms with Gasteiger partial charge in [-0.1, -0.05) is 13.3 Å². The van der Waals surface area contributed by atoms with Crippen LogP contribution >= 0.6 is 0 Å². The van der Waals surface area contributed by atoms with E-state index in [0.717, 1.165) is 31.4 Å². The number of hydrogen-bond acceptors (Lipinski definition) is 4. The number of esters is 1. The molecule has 5 nitrogen and oxygen atoms in total. The molecule has 2 unspecified atom stereocenters. The van der Waals surface area contributed by atoms with Crippen LogP contribution in [0.15, 0.2) is 24.3 Å². The molecule has 0 aromatic heterocycles. The van der Waals surface area contributed by atoms with Crippen LogP contribution in [0.2, 0.25) is 0 Å². The van der Waals surface area contributed by atoms with Gasteiger partial charge >= 0.3 is 12.1 Å². The Morgan fingerprint density at radius 3 is 2.65 bits per heavy atom. The van der Waals surface area contributed by atoms with Crippen LogP contribution in [-0.4, -0.2) is 31.3 Å². The average molecular weight is 317 g/mol. The molecule has 0 radical (unpaired) electrons. The van der Waals surface area contributed by atoms with Crippen LogP contribution in [0.5, 0.6) is 0 Å². The highest BCUT2D eigenvalue weighted by Crippen LogP contribution is 2.30. The van der Waals surface area contributed by atoms with E-state index in [1.165, 1.54) is 6.42 Å². The molecule has 3 rings (SSSR count). The fraction of sp³-hybridized carbons (Fsp3) is 0.556. The Kier molecular flexibility index (Phi) is 4.84. The maximum absolute atomic E-state index is 12.3. The van der Waals surface area contributed by atoms with Crippen molar-refractivity contribution in [2.24, 2.45) is 5.92 Å². The summed E-state index contributed by atoms with van der Waals surface area (Å²) in [6.45, 7) is 3.10. The molecule has 2 atom stereocenters. The van der Waals surface area contributed by atoms with E-state index < -0.39 is 0 Å². The van der Waals surface area contributed by atoms with Gasteiger partial charge in [-0.2, -0.15) is 0 Å². The van der Waals surface area contributed by atoms with Crippen LogP contribution in [0, 0.1) is 5.92 Å². The monoisotopic (exact) mass is 317 g/mol. The normalized spacial score (nSPS) is 24.4. The quantitative estimate of drug-likeness (QED) is 0.793. The lowest BCUT2D eigenvalue weighted by Crippen LogP contribution is -2.29. The molecule has 0 spiro atoms. The number of ether oxygens (including phenoxy) is 2. The second kappa shape index (κ2) is 7.02. The number of anilines is 1. The summed E-state index contributed by atoms with van der Waals surface area (Å²) >= 11 is 0. The highest BCUT2D eigenvalue weighted by Gasteiger charge is 2.28. The molecule has 5 heteroatoms. The molecule has 1 amide bonds. The van der Waals surface area contributed by atoms with Crippen LogP contribution in [0.3, 0.4) is 0 Å². The summed E-state index contributed by atoms with van der Waals surface area (Å²) in [5.41, 5.74) is 1.27. The molecule has 1 aliphatic carbocycles. The first-order valence-electron chi connectivity index (χ1n) is 8.44. The van der Waals surface area contributed by atoms with Crippen molar-refractivity contribution in [3.05, 3.63) is 29.8 Å². The van der Waals surface area contributed by atoms with Crippen LogP contribution in [0.4, 0.5) is 10.5 Å². The highest BCUT2D eigenvalue weighted by molar-refractivity contribution is 5.92. The second-order valence-corrected chi connectivity index (χ2v) is 6.21. The Hall–Kier alpha value is -2.04. The van der Waals surface area contributed by atoms with Gasteiger partial charge < -0.3 is 9.47 Å². The largest absolute Gasteiger partial charge is 0.458 e. The van der Waals surface area contributed by atoms with Crippen molar-refractivity contribution in [2.45, 2.75) is 45.1 Å². The summed E-state index contributed by atoms with van der Waals surface area (Å²) in [5, 5.41) is 0. The van der Waals surface area contributed by atoms with Gasteiger partial charge in [0.2, 0.25) is 0 Å². The third-order valence-corrected chi connectivity index (χ3v) is 4.80. The number of benzene rings is 1. The lowest BCUT2D eigenvalue weighted by atomic mass is 9.85. The Morgan fingerprint density at radius 1 is 1.26 bits per heavy atom. The first kappa shape index (κ1) is 15.8. The van der Waals surface area contributed by atoms with Crippen LogP contribution in [-0.2, 0) is 9.47 Å². The Balaban J connectivity index is 1.64. The SMILES string of the molecule is CCC1CCCCC1OC(=O)c1ccc(N2CCOC2=O)cc1. The Labute approximate surface area is 136 Å². The minimum absolute atomic E-state index is 0.0366. The number of carbonyl (C=O) groups excluding carboxylic acids is 2. The fourth-order valence-corrected chi connectivity index (χ4v) is 3.41. The van der Waals surface area contributed by atoms with Gasteiger partial charge in [-0.3, -0.25) is 4.90 Å². The number of hydrogen-bond donors (Lipinski definition) is 0. The smallest absolute Gasteiger partial charge is 0.414 e. The summed E-state index contributed by atoms with van der Waals surface area (Å²) in [7, 11) is 0. The third kappa shape index (κ3) is 3.49. The van der Waals surface area contributed by atoms with E-state index >= 15 is 0 Å². The molecular weight excluding hydrogens is 294 g/mol. The van der Waals surface area contributed by atoms with Crippen molar-refractivity contribution in [1.29, 1.82) is 0 Å². The zero-order chi connectivity index (χ0) is 16.2. The summed E-state index contributed by atoms with van der Waals surface area (Å²) in [6, 6.07) is 6.96. The number of nitrogens with zero attached hydrogens (tertiary/aromatic N) is 1. The predicted octanol–water partition coefficient (Wildman–Crippen LogP) is 3.77. The minimum Gasteiger partial charge on any atom is -0.458 e. The third-order valence-electron chi connectivity index (χ3n) is 4.80. The van der Waals surface area contributed by atoms with Crippen molar-refractivity contribution in [3.63, 3.8) is 0 Å². The average Bonchev–Trinajstić information content (AvgIpc) is 3.01. The van der Waals surface area contributed by atoms with Gasteiger partial charge in [-0.05, 0) is 55.9 Å². The van der Waals surface area contributed by atoms with Crippen molar-refractivity contribution >= 4 is 17.7 Å². The molecule has 1 saturated heterocycles. The first-order chi connectivity index (χ1) is 11.2. The lowest BCUT2D eigenvalue weighted by molar-refractivity contribution is 0.000710. The van der Waals surface area contributed by atoms with E-state index in [4.69, 9.17) is 9.47 Å². The number of rotatable bonds is 4. The maximum atomic E-state index is 12.3. The van der Waals surface area contributed by atoms with E-state index in [-0.39, 0.29) is 18.2 Å². The van der Waals surface area contributed by atoms with Gasteiger partial charge in [-0.15, -0.1) is 0 Å². The summed E-state index contributed by atoms with van der Waals surface area (Å²) in [6.07, 6.45) is 5.21. The molecule has 23 heavy (non-hydrogen) atoms. The minimum atomic E-state index is -0.340. The molecule has 1 aliphatic heterocycles. The van der Waals surface area contributed by atoms with Gasteiger partial charge in [0, 0.05) is 5.69 Å². The molecule has 124 valence electrons. The molecule has 1 heterocycles. The van der Waals surface area contributed by atoms with Gasteiger partial charge in [0.05, 0.1) is 12.1 Å². The molecule has 0 N–H and O–H groups in total. The number of amides is 1. The Bertz CT molecular complexity index is 569. The highest BCUT2D eigenvalue weighted by atomic mass is 16.6. The van der Waals surface area contributed by atoms with Crippen molar-refractivity contribution in [3.8, 4) is 0 Å². The number of carbonyl (C=O) groups is 2. The summed E-state index contributed by atoms with van der Waals surface area (Å²) < 4.78 is 10.6. The van der Waals surface area contributed by atoms with E-state index in [1.807, 2.05) is 0 Å². The van der Waals surface area contributed by atoms with Crippen LogP contribution in [0.1, 0.15) is 49.4 Å². The molecule has 2 fully saturated rings. The van der Waals surface area contributed by atoms with Crippen molar-refractivity contribution < 1.29 is 19.1 Å². The fourth-order valence-electron chi connectivity index (χ4n) is 3.41.